The van der Waals surface area contributed by atoms with Gasteiger partial charge in [-0.3, -0.25) is 4.79 Å². The van der Waals surface area contributed by atoms with Gasteiger partial charge < -0.3 is 70.4 Å². The molecule has 1 saturated carbocycles. The first-order chi connectivity index (χ1) is 20.9. The van der Waals surface area contributed by atoms with E-state index >= 15 is 0 Å². The minimum atomic E-state index is -1.69. The zero-order chi connectivity index (χ0) is 32.6. The van der Waals surface area contributed by atoms with Gasteiger partial charge in [0.1, 0.15) is 42.7 Å². The van der Waals surface area contributed by atoms with Gasteiger partial charge in [-0.1, -0.05) is 39.0 Å². The molecule has 0 aromatic carbocycles. The molecule has 1 amide bonds. The normalized spacial score (nSPS) is 43.1. The first-order valence-corrected chi connectivity index (χ1v) is 15.9. The molecule has 44 heavy (non-hydrogen) atoms. The fraction of sp³-hybridized carbons (Fsp3) is 0.966. The Kier molecular flexibility index (Phi) is 15.1. The van der Waals surface area contributed by atoms with E-state index in [1.807, 2.05) is 0 Å². The Morgan fingerprint density at radius 1 is 0.795 bits per heavy atom. The predicted octanol–water partition coefficient (Wildman–Crippen LogP) is -2.78. The molecule has 3 rings (SSSR count). The van der Waals surface area contributed by atoms with Crippen molar-refractivity contribution in [1.82, 2.24) is 10.6 Å². The van der Waals surface area contributed by atoms with E-state index in [4.69, 9.17) is 18.9 Å². The number of rotatable bonds is 15. The molecule has 0 aromatic rings. The number of hydrogen-bond donors (Lipinski definition) is 10. The predicted molar refractivity (Wildman–Crippen MR) is 154 cm³/mol. The Hall–Kier alpha value is -1.05. The molecule has 3 aliphatic rings. The van der Waals surface area contributed by atoms with E-state index < -0.39 is 111 Å². The highest BCUT2D eigenvalue weighted by Crippen LogP contribution is 2.32. The maximum Gasteiger partial charge on any atom is 0.217 e. The Balaban J connectivity index is 1.90. The molecule has 0 bridgehead atoms. The lowest BCUT2D eigenvalue weighted by molar-refractivity contribution is -0.330. The van der Waals surface area contributed by atoms with Gasteiger partial charge in [0, 0.05) is 32.1 Å². The third-order valence-electron chi connectivity index (χ3n) is 8.93. The van der Waals surface area contributed by atoms with Crippen LogP contribution in [0.2, 0.25) is 0 Å². The van der Waals surface area contributed by atoms with Gasteiger partial charge in [0.05, 0.1) is 31.0 Å². The van der Waals surface area contributed by atoms with E-state index in [1.54, 1.807) is 0 Å². The number of unbranched alkanes of at least 4 members (excludes halogenated alkanes) is 5. The van der Waals surface area contributed by atoms with Crippen LogP contribution in [0.1, 0.15) is 65.7 Å². The Bertz CT molecular complexity index is 856. The number of aliphatic hydroxyl groups is 8. The standard InChI is InChI=1S/C29H54N2O13/c1-4-5-6-7-8-9-10-41-28-20(30-15(3)34)27(44-29-26(40)24(38)21(35)14(2)42-29)19(18(13-33)43-28)31-17-11-16(12-32)22(36)25(39)23(17)37/h14,16-29,31-33,35-40H,4-13H2,1-3H3,(H,30,34)/t14-,16+,17+,18+,19+,20+,21+,22-,23-,24+,25-,26-,27-,28+,29-/m0/s1. The quantitative estimate of drug-likeness (QED) is 0.0817. The van der Waals surface area contributed by atoms with Crippen molar-refractivity contribution in [3.63, 3.8) is 0 Å². The summed E-state index contributed by atoms with van der Waals surface area (Å²) in [7, 11) is 0. The molecule has 2 aliphatic heterocycles. The topological polar surface area (TPSA) is 240 Å². The molecule has 2 saturated heterocycles. The minimum absolute atomic E-state index is 0.0323. The SMILES string of the molecule is CCCCCCCCO[C@@H]1O[C@H](CO)[C@@H](N[C@@H]2C[C@H](CO)[C@H](O)[C@H](O)[C@H]2O)[C@H](O[C@@H]2O[C@@H](C)[C@@H](O)[C@@H](O)[C@@H]2O)[C@H]1NC(C)=O. The molecule has 3 fully saturated rings. The number of carbonyl (C=O) groups excluding carboxylic acids is 1. The summed E-state index contributed by atoms with van der Waals surface area (Å²) in [6, 6.07) is -3.02. The molecule has 0 aromatic heterocycles. The zero-order valence-corrected chi connectivity index (χ0v) is 25.9. The molecule has 2 heterocycles. The lowest BCUT2D eigenvalue weighted by Gasteiger charge is -2.51. The monoisotopic (exact) mass is 638 g/mol. The lowest BCUT2D eigenvalue weighted by Crippen LogP contribution is -2.73. The maximum absolute atomic E-state index is 12.4. The highest BCUT2D eigenvalue weighted by molar-refractivity contribution is 5.73. The van der Waals surface area contributed by atoms with Gasteiger partial charge >= 0.3 is 0 Å². The zero-order valence-electron chi connectivity index (χ0n) is 25.9. The van der Waals surface area contributed by atoms with Crippen molar-refractivity contribution in [2.75, 3.05) is 19.8 Å². The van der Waals surface area contributed by atoms with Crippen LogP contribution in [0.25, 0.3) is 0 Å². The summed E-state index contributed by atoms with van der Waals surface area (Å²) in [6.45, 7) is 4.16. The number of hydrogen-bond acceptors (Lipinski definition) is 14. The molecule has 0 radical (unpaired) electrons. The van der Waals surface area contributed by atoms with Gasteiger partial charge in [0.25, 0.3) is 0 Å². The summed E-state index contributed by atoms with van der Waals surface area (Å²) in [6.07, 6.45) is -8.81. The van der Waals surface area contributed by atoms with Crippen LogP contribution in [0.5, 0.6) is 0 Å². The van der Waals surface area contributed by atoms with E-state index in [0.29, 0.717) is 0 Å². The molecular weight excluding hydrogens is 584 g/mol. The molecule has 15 atom stereocenters. The molecule has 258 valence electrons. The van der Waals surface area contributed by atoms with Gasteiger partial charge in [0.15, 0.2) is 12.6 Å². The second-order valence-corrected chi connectivity index (χ2v) is 12.3. The van der Waals surface area contributed by atoms with E-state index in [2.05, 4.69) is 17.6 Å². The Morgan fingerprint density at radius 2 is 1.45 bits per heavy atom. The van der Waals surface area contributed by atoms with E-state index in [1.165, 1.54) is 13.8 Å². The molecular formula is C29H54N2O13. The smallest absolute Gasteiger partial charge is 0.217 e. The van der Waals surface area contributed by atoms with Gasteiger partial charge in [-0.05, 0) is 19.8 Å². The van der Waals surface area contributed by atoms with Crippen LogP contribution in [0, 0.1) is 5.92 Å². The summed E-state index contributed by atoms with van der Waals surface area (Å²) < 4.78 is 24.1. The third kappa shape index (κ3) is 9.27. The van der Waals surface area contributed by atoms with Crippen LogP contribution in [0.15, 0.2) is 0 Å². The summed E-state index contributed by atoms with van der Waals surface area (Å²) in [4.78, 5) is 12.4. The summed E-state index contributed by atoms with van der Waals surface area (Å²) in [5, 5.41) is 89.0. The fourth-order valence-electron chi connectivity index (χ4n) is 6.27. The summed E-state index contributed by atoms with van der Waals surface area (Å²) in [5.41, 5.74) is 0. The second kappa shape index (κ2) is 17.8. The van der Waals surface area contributed by atoms with Crippen LogP contribution >= 0.6 is 0 Å². The number of ether oxygens (including phenoxy) is 4. The van der Waals surface area contributed by atoms with Gasteiger partial charge in [-0.25, -0.2) is 0 Å². The van der Waals surface area contributed by atoms with Crippen molar-refractivity contribution in [2.24, 2.45) is 5.92 Å². The number of carbonyl (C=O) groups is 1. The third-order valence-corrected chi connectivity index (χ3v) is 8.93. The first kappa shape index (κ1) is 37.4. The van der Waals surface area contributed by atoms with Crippen molar-refractivity contribution < 1.29 is 64.6 Å². The maximum atomic E-state index is 12.4. The van der Waals surface area contributed by atoms with Crippen molar-refractivity contribution in [3.8, 4) is 0 Å². The van der Waals surface area contributed by atoms with Crippen LogP contribution in [0.3, 0.4) is 0 Å². The van der Waals surface area contributed by atoms with E-state index in [0.717, 1.165) is 38.5 Å². The second-order valence-electron chi connectivity index (χ2n) is 12.3. The van der Waals surface area contributed by atoms with Crippen LogP contribution in [0.4, 0.5) is 0 Å². The lowest BCUT2D eigenvalue weighted by atomic mass is 9.79. The minimum Gasteiger partial charge on any atom is -0.396 e. The fourth-order valence-corrected chi connectivity index (χ4v) is 6.27. The molecule has 10 N–H and O–H groups in total. The van der Waals surface area contributed by atoms with E-state index in [-0.39, 0.29) is 13.0 Å². The van der Waals surface area contributed by atoms with Crippen LogP contribution < -0.4 is 10.6 Å². The van der Waals surface area contributed by atoms with Crippen LogP contribution in [-0.4, -0.2) is 152 Å². The van der Waals surface area contributed by atoms with Gasteiger partial charge in [0.2, 0.25) is 5.91 Å². The molecule has 15 nitrogen and oxygen atoms in total. The van der Waals surface area contributed by atoms with Gasteiger partial charge in [-0.15, -0.1) is 0 Å². The largest absolute Gasteiger partial charge is 0.396 e. The van der Waals surface area contributed by atoms with Crippen LogP contribution in [-0.2, 0) is 23.7 Å². The van der Waals surface area contributed by atoms with Crippen molar-refractivity contribution in [3.05, 3.63) is 0 Å². The Morgan fingerprint density at radius 3 is 2.09 bits per heavy atom. The average Bonchev–Trinajstić information content (AvgIpc) is 3.00. The molecule has 0 spiro atoms. The number of amides is 1. The van der Waals surface area contributed by atoms with Gasteiger partial charge in [-0.2, -0.15) is 0 Å². The highest BCUT2D eigenvalue weighted by atomic mass is 16.7. The molecule has 15 heteroatoms. The first-order valence-electron chi connectivity index (χ1n) is 15.9. The highest BCUT2D eigenvalue weighted by Gasteiger charge is 2.53. The Labute approximate surface area is 258 Å². The van der Waals surface area contributed by atoms with Crippen molar-refractivity contribution in [2.45, 2.75) is 151 Å². The molecule has 1 aliphatic carbocycles. The number of aliphatic hydroxyl groups excluding tert-OH is 8. The van der Waals surface area contributed by atoms with Crippen molar-refractivity contribution >= 4 is 5.91 Å². The average molecular weight is 639 g/mol. The van der Waals surface area contributed by atoms with Crippen molar-refractivity contribution in [1.29, 1.82) is 0 Å². The number of nitrogens with one attached hydrogen (secondary N) is 2. The summed E-state index contributed by atoms with van der Waals surface area (Å²) >= 11 is 0. The van der Waals surface area contributed by atoms with E-state index in [9.17, 15) is 45.6 Å². The summed E-state index contributed by atoms with van der Waals surface area (Å²) in [5.74, 6) is -1.24. The molecule has 0 unspecified atom stereocenters.